The van der Waals surface area contributed by atoms with Gasteiger partial charge < -0.3 is 20.3 Å². The second-order valence-electron chi connectivity index (χ2n) is 5.20. The van der Waals surface area contributed by atoms with E-state index >= 15 is 0 Å². The number of hydrogen-bond donors (Lipinski definition) is 2. The van der Waals surface area contributed by atoms with Crippen LogP contribution >= 0.6 is 0 Å². The third-order valence-corrected chi connectivity index (χ3v) is 3.38. The first-order chi connectivity index (χ1) is 11.6. The molecule has 2 aromatic carbocycles. The van der Waals surface area contributed by atoms with Crippen molar-refractivity contribution in [1.82, 2.24) is 0 Å². The lowest BCUT2D eigenvalue weighted by molar-refractivity contribution is -0.119. The Hall–Kier alpha value is -2.86. The molecule has 2 aromatic rings. The monoisotopic (exact) mass is 327 g/mol. The maximum Gasteiger partial charge on any atom is 0.250 e. The number of nitrogens with zero attached hydrogens (tertiary/aromatic N) is 1. The number of carbonyl (C=O) groups is 2. The van der Waals surface area contributed by atoms with E-state index in [1.165, 1.54) is 7.11 Å². The molecule has 6 heteroatoms. The van der Waals surface area contributed by atoms with Gasteiger partial charge in [-0.05, 0) is 30.3 Å². The van der Waals surface area contributed by atoms with Crippen molar-refractivity contribution < 1.29 is 14.3 Å². The van der Waals surface area contributed by atoms with Crippen LogP contribution in [0.1, 0.15) is 0 Å². The van der Waals surface area contributed by atoms with Gasteiger partial charge in [-0.1, -0.05) is 24.3 Å². The number of amides is 2. The molecule has 126 valence electrons. The van der Waals surface area contributed by atoms with Gasteiger partial charge in [0.2, 0.25) is 11.8 Å². The molecule has 0 saturated heterocycles. The Bertz CT molecular complexity index is 689. The molecule has 24 heavy (non-hydrogen) atoms. The van der Waals surface area contributed by atoms with E-state index in [4.69, 9.17) is 4.74 Å². The predicted octanol–water partition coefficient (Wildman–Crippen LogP) is 2.35. The third-order valence-electron chi connectivity index (χ3n) is 3.38. The van der Waals surface area contributed by atoms with Gasteiger partial charge in [-0.25, -0.2) is 0 Å². The number of likely N-dealkylation sites (N-methyl/N-ethyl adjacent to an activating group) is 1. The summed E-state index contributed by atoms with van der Waals surface area (Å²) in [6.07, 6.45) is 0. The van der Waals surface area contributed by atoms with Crippen LogP contribution < -0.4 is 15.5 Å². The molecule has 0 aliphatic rings. The Morgan fingerprint density at radius 3 is 2.46 bits per heavy atom. The highest BCUT2D eigenvalue weighted by Gasteiger charge is 2.10. The number of anilines is 3. The van der Waals surface area contributed by atoms with E-state index in [2.05, 4.69) is 10.6 Å². The van der Waals surface area contributed by atoms with Crippen LogP contribution in [0.5, 0.6) is 0 Å². The van der Waals surface area contributed by atoms with Gasteiger partial charge in [0.15, 0.2) is 0 Å². The van der Waals surface area contributed by atoms with Crippen LogP contribution in [-0.4, -0.2) is 39.1 Å². The molecule has 0 atom stereocenters. The van der Waals surface area contributed by atoms with Crippen molar-refractivity contribution in [3.05, 3.63) is 54.6 Å². The van der Waals surface area contributed by atoms with Crippen molar-refractivity contribution in [2.45, 2.75) is 0 Å². The standard InChI is InChI=1S/C18H21N3O3/c1-21(16-9-4-3-5-10-16)18(23)12-19-14-7-6-8-15(11-14)20-17(22)13-24-2/h3-11,19H,12-13H2,1-2H3,(H,20,22). The van der Waals surface area contributed by atoms with Crippen LogP contribution in [0.15, 0.2) is 54.6 Å². The van der Waals surface area contributed by atoms with E-state index in [1.54, 1.807) is 30.1 Å². The predicted molar refractivity (Wildman–Crippen MR) is 95.3 cm³/mol. The van der Waals surface area contributed by atoms with Gasteiger partial charge in [-0.3, -0.25) is 9.59 Å². The van der Waals surface area contributed by atoms with Crippen molar-refractivity contribution in [3.63, 3.8) is 0 Å². The van der Waals surface area contributed by atoms with E-state index in [0.29, 0.717) is 5.69 Å². The molecule has 0 fully saturated rings. The Kier molecular flexibility index (Phi) is 6.33. The summed E-state index contributed by atoms with van der Waals surface area (Å²) < 4.78 is 4.78. The first-order valence-corrected chi connectivity index (χ1v) is 7.54. The molecule has 0 unspecified atom stereocenters. The van der Waals surface area contributed by atoms with Gasteiger partial charge in [-0.2, -0.15) is 0 Å². The van der Waals surface area contributed by atoms with E-state index in [1.807, 2.05) is 36.4 Å². The summed E-state index contributed by atoms with van der Waals surface area (Å²) in [7, 11) is 3.20. The smallest absolute Gasteiger partial charge is 0.250 e. The second kappa shape index (κ2) is 8.69. The highest BCUT2D eigenvalue weighted by Crippen LogP contribution is 2.16. The number of para-hydroxylation sites is 1. The zero-order chi connectivity index (χ0) is 17.4. The summed E-state index contributed by atoms with van der Waals surface area (Å²) in [4.78, 5) is 25.4. The van der Waals surface area contributed by atoms with Crippen molar-refractivity contribution >= 4 is 28.9 Å². The molecule has 0 heterocycles. The SMILES string of the molecule is COCC(=O)Nc1cccc(NCC(=O)N(C)c2ccccc2)c1. The number of ether oxygens (including phenoxy) is 1. The van der Waals surface area contributed by atoms with Gasteiger partial charge in [0.05, 0.1) is 6.54 Å². The molecule has 2 rings (SSSR count). The van der Waals surface area contributed by atoms with Gasteiger partial charge in [-0.15, -0.1) is 0 Å². The van der Waals surface area contributed by atoms with Gasteiger partial charge >= 0.3 is 0 Å². The fourth-order valence-electron chi connectivity index (χ4n) is 2.13. The Morgan fingerprint density at radius 1 is 1.04 bits per heavy atom. The first kappa shape index (κ1) is 17.5. The van der Waals surface area contributed by atoms with E-state index < -0.39 is 0 Å². The minimum atomic E-state index is -0.227. The molecule has 0 spiro atoms. The Balaban J connectivity index is 1.92. The summed E-state index contributed by atoms with van der Waals surface area (Å²) >= 11 is 0. The normalized spacial score (nSPS) is 10.1. The molecule has 0 aliphatic carbocycles. The maximum atomic E-state index is 12.2. The fourth-order valence-corrected chi connectivity index (χ4v) is 2.13. The maximum absolute atomic E-state index is 12.2. The number of rotatable bonds is 7. The minimum absolute atomic E-state index is 0.00197. The topological polar surface area (TPSA) is 70.7 Å². The Morgan fingerprint density at radius 2 is 1.75 bits per heavy atom. The first-order valence-electron chi connectivity index (χ1n) is 7.54. The van der Waals surface area contributed by atoms with E-state index in [-0.39, 0.29) is 25.0 Å². The third kappa shape index (κ3) is 5.10. The molecular formula is C18H21N3O3. The minimum Gasteiger partial charge on any atom is -0.376 e. The number of hydrogen-bond acceptors (Lipinski definition) is 4. The molecule has 0 saturated carbocycles. The zero-order valence-corrected chi connectivity index (χ0v) is 13.8. The average molecular weight is 327 g/mol. The molecule has 6 nitrogen and oxygen atoms in total. The summed E-state index contributed by atoms with van der Waals surface area (Å²) in [5.74, 6) is -0.287. The van der Waals surface area contributed by atoms with E-state index in [0.717, 1.165) is 11.4 Å². The lowest BCUT2D eigenvalue weighted by Gasteiger charge is -2.18. The highest BCUT2D eigenvalue weighted by atomic mass is 16.5. The molecule has 0 radical (unpaired) electrons. The fraction of sp³-hybridized carbons (Fsp3) is 0.222. The lowest BCUT2D eigenvalue weighted by atomic mass is 10.2. The molecular weight excluding hydrogens is 306 g/mol. The number of carbonyl (C=O) groups excluding carboxylic acids is 2. The molecule has 2 N–H and O–H groups in total. The lowest BCUT2D eigenvalue weighted by Crippen LogP contribution is -2.32. The average Bonchev–Trinajstić information content (AvgIpc) is 2.60. The van der Waals surface area contributed by atoms with Crippen molar-refractivity contribution in [2.24, 2.45) is 0 Å². The molecule has 0 aromatic heterocycles. The van der Waals surface area contributed by atoms with Gasteiger partial charge in [0.1, 0.15) is 6.61 Å². The summed E-state index contributed by atoms with van der Waals surface area (Å²) in [5.41, 5.74) is 2.23. The van der Waals surface area contributed by atoms with Gasteiger partial charge in [0, 0.05) is 31.2 Å². The van der Waals surface area contributed by atoms with E-state index in [9.17, 15) is 9.59 Å². The van der Waals surface area contributed by atoms with Crippen molar-refractivity contribution in [3.8, 4) is 0 Å². The zero-order valence-electron chi connectivity index (χ0n) is 13.8. The number of methoxy groups -OCH3 is 1. The number of benzene rings is 2. The van der Waals surface area contributed by atoms with Crippen LogP contribution in [0, 0.1) is 0 Å². The summed E-state index contributed by atoms with van der Waals surface area (Å²) in [6, 6.07) is 16.6. The van der Waals surface area contributed by atoms with Crippen LogP contribution in [0.25, 0.3) is 0 Å². The summed E-state index contributed by atoms with van der Waals surface area (Å²) in [6.45, 7) is 0.152. The summed E-state index contributed by atoms with van der Waals surface area (Å²) in [5, 5.41) is 5.79. The largest absolute Gasteiger partial charge is 0.376 e. The van der Waals surface area contributed by atoms with Crippen LogP contribution in [0.3, 0.4) is 0 Å². The van der Waals surface area contributed by atoms with Crippen LogP contribution in [0.2, 0.25) is 0 Å². The van der Waals surface area contributed by atoms with Crippen LogP contribution in [-0.2, 0) is 14.3 Å². The van der Waals surface area contributed by atoms with Crippen LogP contribution in [0.4, 0.5) is 17.1 Å². The second-order valence-corrected chi connectivity index (χ2v) is 5.20. The Labute approximate surface area is 141 Å². The number of nitrogens with one attached hydrogen (secondary N) is 2. The highest BCUT2D eigenvalue weighted by molar-refractivity contribution is 5.96. The van der Waals surface area contributed by atoms with Crippen molar-refractivity contribution in [1.29, 1.82) is 0 Å². The molecule has 0 bridgehead atoms. The van der Waals surface area contributed by atoms with Gasteiger partial charge in [0.25, 0.3) is 0 Å². The van der Waals surface area contributed by atoms with Crippen molar-refractivity contribution in [2.75, 3.05) is 42.8 Å². The molecule has 2 amide bonds. The molecule has 0 aliphatic heterocycles. The quantitative estimate of drug-likeness (QED) is 0.819.